The average molecular weight is 144 g/mol. The van der Waals surface area contributed by atoms with Gasteiger partial charge in [0.05, 0.1) is 0 Å². The standard InChI is InChI=1S/C9H20O/c1-3-5-6-9(4-2)7-8-10/h9-10H,3-8H2,1-2H3/t9-/m1/s1. The molecule has 0 radical (unpaired) electrons. The second-order valence-corrected chi connectivity index (χ2v) is 2.93. The van der Waals surface area contributed by atoms with Gasteiger partial charge < -0.3 is 5.11 Å². The van der Waals surface area contributed by atoms with Crippen LogP contribution in [0.4, 0.5) is 0 Å². The Morgan fingerprint density at radius 2 is 1.90 bits per heavy atom. The van der Waals surface area contributed by atoms with Gasteiger partial charge in [0.15, 0.2) is 0 Å². The van der Waals surface area contributed by atoms with Crippen molar-refractivity contribution in [3.8, 4) is 0 Å². The first-order valence-electron chi connectivity index (χ1n) is 4.46. The van der Waals surface area contributed by atoms with E-state index in [1.165, 1.54) is 25.7 Å². The van der Waals surface area contributed by atoms with Gasteiger partial charge in [-0.1, -0.05) is 39.5 Å². The highest BCUT2D eigenvalue weighted by atomic mass is 16.3. The van der Waals surface area contributed by atoms with Gasteiger partial charge in [0.2, 0.25) is 0 Å². The molecule has 62 valence electrons. The number of aliphatic hydroxyl groups is 1. The lowest BCUT2D eigenvalue weighted by molar-refractivity contribution is 0.247. The van der Waals surface area contributed by atoms with Crippen molar-refractivity contribution < 1.29 is 5.11 Å². The zero-order chi connectivity index (χ0) is 7.82. The maximum absolute atomic E-state index is 8.67. The molecule has 0 aliphatic rings. The lowest BCUT2D eigenvalue weighted by Gasteiger charge is -2.11. The van der Waals surface area contributed by atoms with E-state index in [9.17, 15) is 0 Å². The summed E-state index contributed by atoms with van der Waals surface area (Å²) in [6.45, 7) is 4.78. The van der Waals surface area contributed by atoms with Crippen molar-refractivity contribution >= 4 is 0 Å². The smallest absolute Gasteiger partial charge is 0.0433 e. The van der Waals surface area contributed by atoms with Gasteiger partial charge in [-0.15, -0.1) is 0 Å². The van der Waals surface area contributed by atoms with E-state index in [1.54, 1.807) is 0 Å². The average Bonchev–Trinajstić information content (AvgIpc) is 1.98. The molecule has 0 aromatic rings. The third-order valence-electron chi connectivity index (χ3n) is 2.08. The fourth-order valence-corrected chi connectivity index (χ4v) is 1.23. The summed E-state index contributed by atoms with van der Waals surface area (Å²) in [7, 11) is 0. The largest absolute Gasteiger partial charge is 0.396 e. The Labute approximate surface area is 64.5 Å². The SMILES string of the molecule is CCCC[C@@H](CC)CCO. The summed E-state index contributed by atoms with van der Waals surface area (Å²) in [5.74, 6) is 0.768. The first kappa shape index (κ1) is 9.96. The molecule has 0 aromatic heterocycles. The van der Waals surface area contributed by atoms with Gasteiger partial charge in [-0.2, -0.15) is 0 Å². The van der Waals surface area contributed by atoms with Crippen LogP contribution in [-0.4, -0.2) is 11.7 Å². The van der Waals surface area contributed by atoms with Gasteiger partial charge in [0, 0.05) is 6.61 Å². The maximum Gasteiger partial charge on any atom is 0.0433 e. The van der Waals surface area contributed by atoms with Gasteiger partial charge in [0.25, 0.3) is 0 Å². The molecule has 0 heterocycles. The van der Waals surface area contributed by atoms with Crippen molar-refractivity contribution in [3.63, 3.8) is 0 Å². The minimum atomic E-state index is 0.363. The minimum Gasteiger partial charge on any atom is -0.396 e. The summed E-state index contributed by atoms with van der Waals surface area (Å²) >= 11 is 0. The quantitative estimate of drug-likeness (QED) is 0.607. The Morgan fingerprint density at radius 1 is 1.20 bits per heavy atom. The molecule has 10 heavy (non-hydrogen) atoms. The van der Waals surface area contributed by atoms with E-state index in [4.69, 9.17) is 5.11 Å². The molecule has 1 atom stereocenters. The van der Waals surface area contributed by atoms with Crippen LogP contribution in [0.3, 0.4) is 0 Å². The molecule has 0 aliphatic heterocycles. The molecule has 1 N–H and O–H groups in total. The second-order valence-electron chi connectivity index (χ2n) is 2.93. The number of rotatable bonds is 6. The summed E-state index contributed by atoms with van der Waals surface area (Å²) < 4.78 is 0. The molecule has 0 saturated carbocycles. The molecule has 0 spiro atoms. The molecule has 0 amide bonds. The van der Waals surface area contributed by atoms with Crippen LogP contribution in [-0.2, 0) is 0 Å². The summed E-state index contributed by atoms with van der Waals surface area (Å²) in [5.41, 5.74) is 0. The Bertz CT molecular complexity index is 61.7. The van der Waals surface area contributed by atoms with Crippen LogP contribution >= 0.6 is 0 Å². The fraction of sp³-hybridized carbons (Fsp3) is 1.00. The zero-order valence-corrected chi connectivity index (χ0v) is 7.27. The minimum absolute atomic E-state index is 0.363. The first-order valence-corrected chi connectivity index (χ1v) is 4.46. The van der Waals surface area contributed by atoms with Crippen molar-refractivity contribution in [2.24, 2.45) is 5.92 Å². The summed E-state index contributed by atoms with van der Waals surface area (Å²) in [6.07, 6.45) is 6.12. The van der Waals surface area contributed by atoms with Crippen molar-refractivity contribution in [1.29, 1.82) is 0 Å². The number of unbranched alkanes of at least 4 members (excludes halogenated alkanes) is 1. The van der Waals surface area contributed by atoms with E-state index >= 15 is 0 Å². The monoisotopic (exact) mass is 144 g/mol. The van der Waals surface area contributed by atoms with E-state index in [2.05, 4.69) is 13.8 Å². The van der Waals surface area contributed by atoms with Crippen molar-refractivity contribution in [2.75, 3.05) is 6.61 Å². The highest BCUT2D eigenvalue weighted by Gasteiger charge is 2.03. The molecule has 0 aromatic carbocycles. The number of aliphatic hydroxyl groups excluding tert-OH is 1. The van der Waals surface area contributed by atoms with Crippen LogP contribution in [0.1, 0.15) is 46.0 Å². The third-order valence-corrected chi connectivity index (χ3v) is 2.08. The van der Waals surface area contributed by atoms with Gasteiger partial charge in [0.1, 0.15) is 0 Å². The van der Waals surface area contributed by atoms with Crippen LogP contribution in [0.2, 0.25) is 0 Å². The normalized spacial score (nSPS) is 13.5. The molecule has 0 bridgehead atoms. The van der Waals surface area contributed by atoms with E-state index in [0.29, 0.717) is 6.61 Å². The number of hydrogen-bond donors (Lipinski definition) is 1. The van der Waals surface area contributed by atoms with E-state index < -0.39 is 0 Å². The lowest BCUT2D eigenvalue weighted by Crippen LogP contribution is -2.01. The summed E-state index contributed by atoms with van der Waals surface area (Å²) in [6, 6.07) is 0. The maximum atomic E-state index is 8.67. The number of hydrogen-bond acceptors (Lipinski definition) is 1. The Balaban J connectivity index is 3.21. The highest BCUT2D eigenvalue weighted by Crippen LogP contribution is 2.15. The topological polar surface area (TPSA) is 20.2 Å². The molecule has 1 nitrogen and oxygen atoms in total. The van der Waals surface area contributed by atoms with Crippen LogP contribution in [0.25, 0.3) is 0 Å². The van der Waals surface area contributed by atoms with Crippen molar-refractivity contribution in [2.45, 2.75) is 46.0 Å². The van der Waals surface area contributed by atoms with Crippen LogP contribution in [0.15, 0.2) is 0 Å². The van der Waals surface area contributed by atoms with Gasteiger partial charge >= 0.3 is 0 Å². The molecule has 1 heteroatoms. The fourth-order valence-electron chi connectivity index (χ4n) is 1.23. The molecular weight excluding hydrogens is 124 g/mol. The van der Waals surface area contributed by atoms with Crippen LogP contribution in [0.5, 0.6) is 0 Å². The van der Waals surface area contributed by atoms with E-state index in [0.717, 1.165) is 12.3 Å². The highest BCUT2D eigenvalue weighted by molar-refractivity contribution is 4.55. The molecule has 0 aliphatic carbocycles. The van der Waals surface area contributed by atoms with Crippen molar-refractivity contribution in [3.05, 3.63) is 0 Å². The first-order chi connectivity index (χ1) is 4.85. The molecule has 0 fully saturated rings. The predicted molar refractivity (Wildman–Crippen MR) is 45.0 cm³/mol. The molecular formula is C9H20O. The Morgan fingerprint density at radius 3 is 2.30 bits per heavy atom. The summed E-state index contributed by atoms with van der Waals surface area (Å²) in [4.78, 5) is 0. The third kappa shape index (κ3) is 4.80. The second kappa shape index (κ2) is 7.07. The van der Waals surface area contributed by atoms with Gasteiger partial charge in [-0.3, -0.25) is 0 Å². The van der Waals surface area contributed by atoms with Crippen molar-refractivity contribution in [1.82, 2.24) is 0 Å². The molecule has 0 unspecified atom stereocenters. The van der Waals surface area contributed by atoms with Gasteiger partial charge in [-0.05, 0) is 12.3 Å². The predicted octanol–water partition coefficient (Wildman–Crippen LogP) is 2.59. The molecule has 0 saturated heterocycles. The summed E-state index contributed by atoms with van der Waals surface area (Å²) in [5, 5.41) is 8.67. The zero-order valence-electron chi connectivity index (χ0n) is 7.27. The van der Waals surface area contributed by atoms with E-state index in [1.807, 2.05) is 0 Å². The van der Waals surface area contributed by atoms with Crippen LogP contribution in [0, 0.1) is 5.92 Å². The Kier molecular flexibility index (Phi) is 7.04. The van der Waals surface area contributed by atoms with E-state index in [-0.39, 0.29) is 0 Å². The lowest BCUT2D eigenvalue weighted by atomic mass is 9.96. The molecule has 0 rings (SSSR count). The van der Waals surface area contributed by atoms with Gasteiger partial charge in [-0.25, -0.2) is 0 Å². The Hall–Kier alpha value is -0.0400. The van der Waals surface area contributed by atoms with Crippen LogP contribution < -0.4 is 0 Å².